The molecule has 1 aliphatic carbocycles. The molecule has 0 aromatic carbocycles. The van der Waals surface area contributed by atoms with Gasteiger partial charge in [0.25, 0.3) is 0 Å². The SMILES string of the molecule is COC(=O)c1c(OCC2CCCC2)nn(C(C)=O)c1C. The Kier molecular flexibility index (Phi) is 4.42. The summed E-state index contributed by atoms with van der Waals surface area (Å²) < 4.78 is 11.6. The smallest absolute Gasteiger partial charge is 0.345 e. The van der Waals surface area contributed by atoms with E-state index in [1.54, 1.807) is 6.92 Å². The number of hydrogen-bond donors (Lipinski definition) is 0. The van der Waals surface area contributed by atoms with Crippen molar-refractivity contribution in [1.29, 1.82) is 0 Å². The van der Waals surface area contributed by atoms with Gasteiger partial charge in [0.1, 0.15) is 5.56 Å². The molecule has 0 spiro atoms. The van der Waals surface area contributed by atoms with Gasteiger partial charge in [-0.05, 0) is 25.7 Å². The highest BCUT2D eigenvalue weighted by molar-refractivity contribution is 5.94. The molecule has 0 saturated heterocycles. The number of carbonyl (C=O) groups is 2. The lowest BCUT2D eigenvalue weighted by Crippen LogP contribution is -2.11. The number of rotatable bonds is 4. The van der Waals surface area contributed by atoms with Crippen molar-refractivity contribution in [2.75, 3.05) is 13.7 Å². The largest absolute Gasteiger partial charge is 0.476 e. The lowest BCUT2D eigenvalue weighted by Gasteiger charge is -2.10. The molecule has 1 heterocycles. The predicted octanol–water partition coefficient (Wildman–Crippen LogP) is 2.21. The van der Waals surface area contributed by atoms with Crippen LogP contribution in [0.4, 0.5) is 0 Å². The zero-order chi connectivity index (χ0) is 14.7. The van der Waals surface area contributed by atoms with Crippen LogP contribution in [0.3, 0.4) is 0 Å². The van der Waals surface area contributed by atoms with Gasteiger partial charge in [0.05, 0.1) is 19.4 Å². The highest BCUT2D eigenvalue weighted by atomic mass is 16.5. The molecule has 6 heteroatoms. The van der Waals surface area contributed by atoms with Crippen LogP contribution in [0.1, 0.15) is 53.5 Å². The lowest BCUT2D eigenvalue weighted by molar-refractivity contribution is 0.0594. The Balaban J connectivity index is 2.22. The lowest BCUT2D eigenvalue weighted by atomic mass is 10.1. The van der Waals surface area contributed by atoms with E-state index in [0.29, 0.717) is 18.2 Å². The van der Waals surface area contributed by atoms with Crippen LogP contribution in [0.2, 0.25) is 0 Å². The van der Waals surface area contributed by atoms with Crippen LogP contribution in [0, 0.1) is 12.8 Å². The average molecular weight is 280 g/mol. The molecule has 1 aliphatic rings. The molecule has 0 N–H and O–H groups in total. The number of hydrogen-bond acceptors (Lipinski definition) is 5. The van der Waals surface area contributed by atoms with Crippen LogP contribution < -0.4 is 4.74 Å². The fraction of sp³-hybridized carbons (Fsp3) is 0.643. The number of methoxy groups -OCH3 is 1. The monoisotopic (exact) mass is 280 g/mol. The van der Waals surface area contributed by atoms with Crippen LogP contribution in [-0.2, 0) is 4.74 Å². The summed E-state index contributed by atoms with van der Waals surface area (Å²) in [6.45, 7) is 3.57. The van der Waals surface area contributed by atoms with Crippen molar-refractivity contribution in [1.82, 2.24) is 9.78 Å². The molecule has 20 heavy (non-hydrogen) atoms. The molecule has 0 bridgehead atoms. The molecule has 1 fully saturated rings. The van der Waals surface area contributed by atoms with Crippen molar-refractivity contribution in [2.24, 2.45) is 5.92 Å². The molecular weight excluding hydrogens is 260 g/mol. The van der Waals surface area contributed by atoms with E-state index < -0.39 is 5.97 Å². The minimum atomic E-state index is -0.531. The van der Waals surface area contributed by atoms with E-state index in [0.717, 1.165) is 12.8 Å². The molecule has 110 valence electrons. The number of esters is 1. The topological polar surface area (TPSA) is 70.4 Å². The maximum absolute atomic E-state index is 11.8. The van der Waals surface area contributed by atoms with E-state index in [9.17, 15) is 9.59 Å². The second-order valence-corrected chi connectivity index (χ2v) is 5.15. The molecule has 2 rings (SSSR count). The molecule has 1 aromatic heterocycles. The van der Waals surface area contributed by atoms with E-state index >= 15 is 0 Å². The van der Waals surface area contributed by atoms with Crippen molar-refractivity contribution in [3.8, 4) is 5.88 Å². The standard InChI is InChI=1S/C14H20N2O4/c1-9-12(14(18)19-3)13(15-16(9)10(2)17)20-8-11-6-4-5-7-11/h11H,4-8H2,1-3H3. The Morgan fingerprint density at radius 2 is 2.00 bits per heavy atom. The molecule has 1 saturated carbocycles. The van der Waals surface area contributed by atoms with Gasteiger partial charge in [0.15, 0.2) is 0 Å². The first-order chi connectivity index (χ1) is 9.54. The highest BCUT2D eigenvalue weighted by Crippen LogP contribution is 2.27. The summed E-state index contributed by atoms with van der Waals surface area (Å²) in [6.07, 6.45) is 4.72. The summed E-state index contributed by atoms with van der Waals surface area (Å²) in [6, 6.07) is 0. The van der Waals surface area contributed by atoms with Crippen LogP contribution in [-0.4, -0.2) is 35.4 Å². The quantitative estimate of drug-likeness (QED) is 0.791. The predicted molar refractivity (Wildman–Crippen MR) is 72.1 cm³/mol. The molecule has 0 amide bonds. The third-order valence-electron chi connectivity index (χ3n) is 3.70. The van der Waals surface area contributed by atoms with Crippen molar-refractivity contribution in [2.45, 2.75) is 39.5 Å². The van der Waals surface area contributed by atoms with Crippen molar-refractivity contribution in [3.63, 3.8) is 0 Å². The molecule has 0 unspecified atom stereocenters. The first-order valence-corrected chi connectivity index (χ1v) is 6.86. The van der Waals surface area contributed by atoms with E-state index in [4.69, 9.17) is 9.47 Å². The molecule has 0 aliphatic heterocycles. The zero-order valence-electron chi connectivity index (χ0n) is 12.1. The normalized spacial score (nSPS) is 15.3. The van der Waals surface area contributed by atoms with Crippen LogP contribution >= 0.6 is 0 Å². The molecule has 1 aromatic rings. The van der Waals surface area contributed by atoms with Gasteiger partial charge in [0, 0.05) is 6.92 Å². The van der Waals surface area contributed by atoms with E-state index in [2.05, 4.69) is 5.10 Å². The second-order valence-electron chi connectivity index (χ2n) is 5.15. The maximum Gasteiger partial charge on any atom is 0.345 e. The minimum Gasteiger partial charge on any atom is -0.476 e. The van der Waals surface area contributed by atoms with Gasteiger partial charge < -0.3 is 9.47 Å². The molecule has 6 nitrogen and oxygen atoms in total. The van der Waals surface area contributed by atoms with Crippen molar-refractivity contribution >= 4 is 11.9 Å². The van der Waals surface area contributed by atoms with Crippen molar-refractivity contribution in [3.05, 3.63) is 11.3 Å². The number of aromatic nitrogens is 2. The summed E-state index contributed by atoms with van der Waals surface area (Å²) in [5.41, 5.74) is 0.687. The summed E-state index contributed by atoms with van der Waals surface area (Å²) in [4.78, 5) is 23.3. The van der Waals surface area contributed by atoms with Gasteiger partial charge in [0.2, 0.25) is 11.8 Å². The maximum atomic E-state index is 11.8. The summed E-state index contributed by atoms with van der Waals surface area (Å²) in [7, 11) is 1.30. The van der Waals surface area contributed by atoms with E-state index in [-0.39, 0.29) is 17.4 Å². The van der Waals surface area contributed by atoms with E-state index in [1.165, 1.54) is 31.6 Å². The molecular formula is C14H20N2O4. The van der Waals surface area contributed by atoms with Crippen LogP contribution in [0.25, 0.3) is 0 Å². The third kappa shape index (κ3) is 2.84. The van der Waals surface area contributed by atoms with Crippen LogP contribution in [0.15, 0.2) is 0 Å². The Bertz CT molecular complexity index is 515. The summed E-state index contributed by atoms with van der Waals surface area (Å²) >= 11 is 0. The second kappa shape index (κ2) is 6.07. The molecule has 0 radical (unpaired) electrons. The average Bonchev–Trinajstić information content (AvgIpc) is 3.03. The molecule has 0 atom stereocenters. The highest BCUT2D eigenvalue weighted by Gasteiger charge is 2.26. The van der Waals surface area contributed by atoms with E-state index in [1.807, 2.05) is 0 Å². The fourth-order valence-corrected chi connectivity index (χ4v) is 2.59. The van der Waals surface area contributed by atoms with Gasteiger partial charge >= 0.3 is 5.97 Å². The van der Waals surface area contributed by atoms with Crippen LogP contribution in [0.5, 0.6) is 5.88 Å². The number of ether oxygens (including phenoxy) is 2. The number of carbonyl (C=O) groups excluding carboxylic acids is 2. The Hall–Kier alpha value is -1.85. The Labute approximate surface area is 118 Å². The Morgan fingerprint density at radius 3 is 2.55 bits per heavy atom. The Morgan fingerprint density at radius 1 is 1.35 bits per heavy atom. The first kappa shape index (κ1) is 14.6. The minimum absolute atomic E-state index is 0.191. The van der Waals surface area contributed by atoms with Gasteiger partial charge in [-0.15, -0.1) is 5.10 Å². The van der Waals surface area contributed by atoms with Gasteiger partial charge in [-0.2, -0.15) is 0 Å². The zero-order valence-corrected chi connectivity index (χ0v) is 12.1. The summed E-state index contributed by atoms with van der Waals surface area (Å²) in [5, 5.41) is 4.08. The fourth-order valence-electron chi connectivity index (χ4n) is 2.59. The van der Waals surface area contributed by atoms with Gasteiger partial charge in [-0.1, -0.05) is 12.8 Å². The third-order valence-corrected chi connectivity index (χ3v) is 3.70. The first-order valence-electron chi connectivity index (χ1n) is 6.86. The number of nitrogens with zero attached hydrogens (tertiary/aromatic N) is 2. The van der Waals surface area contributed by atoms with Crippen molar-refractivity contribution < 1.29 is 19.1 Å². The van der Waals surface area contributed by atoms with Gasteiger partial charge in [-0.3, -0.25) is 4.79 Å². The van der Waals surface area contributed by atoms with Gasteiger partial charge in [-0.25, -0.2) is 9.48 Å². The summed E-state index contributed by atoms with van der Waals surface area (Å²) in [5.74, 6) is -0.0977.